The smallest absolute Gasteiger partial charge is 0.247 e. The topological polar surface area (TPSA) is 89.3 Å². The van der Waals surface area contributed by atoms with Gasteiger partial charge in [-0.25, -0.2) is 13.6 Å². The van der Waals surface area contributed by atoms with Gasteiger partial charge in [0.05, 0.1) is 6.42 Å². The first kappa shape index (κ1) is 15.5. The molecule has 1 fully saturated rings. The molecule has 1 aliphatic carbocycles. The van der Waals surface area contributed by atoms with Crippen molar-refractivity contribution in [1.82, 2.24) is 5.32 Å². The zero-order valence-electron chi connectivity index (χ0n) is 12.1. The number of primary sulfonamides is 1. The standard InChI is InChI=1S/C13H20N2O3S2/c1-12(2)11(13(12,3)4)15-9(16)7-8-5-6-10(19-8)20(14,17)18/h5-6,11H,7H2,1-4H3,(H,15,16)(H2,14,17,18). The van der Waals surface area contributed by atoms with Gasteiger partial charge in [0, 0.05) is 10.9 Å². The highest BCUT2D eigenvalue weighted by molar-refractivity contribution is 7.91. The van der Waals surface area contributed by atoms with Crippen molar-refractivity contribution < 1.29 is 13.2 Å². The van der Waals surface area contributed by atoms with E-state index < -0.39 is 10.0 Å². The third-order valence-electron chi connectivity index (χ3n) is 4.58. The molecular weight excluding hydrogens is 296 g/mol. The van der Waals surface area contributed by atoms with Gasteiger partial charge >= 0.3 is 0 Å². The summed E-state index contributed by atoms with van der Waals surface area (Å²) >= 11 is 1.04. The van der Waals surface area contributed by atoms with Crippen LogP contribution < -0.4 is 10.5 Å². The molecule has 20 heavy (non-hydrogen) atoms. The fourth-order valence-electron chi connectivity index (χ4n) is 2.53. The summed E-state index contributed by atoms with van der Waals surface area (Å²) in [5.74, 6) is -0.0866. The van der Waals surface area contributed by atoms with Crippen LogP contribution in [-0.4, -0.2) is 20.4 Å². The van der Waals surface area contributed by atoms with E-state index in [2.05, 4.69) is 33.0 Å². The van der Waals surface area contributed by atoms with E-state index in [1.165, 1.54) is 6.07 Å². The summed E-state index contributed by atoms with van der Waals surface area (Å²) in [6.45, 7) is 8.51. The van der Waals surface area contributed by atoms with Gasteiger partial charge in [0.2, 0.25) is 15.9 Å². The van der Waals surface area contributed by atoms with E-state index in [-0.39, 0.29) is 33.4 Å². The predicted octanol–water partition coefficient (Wildman–Crippen LogP) is 1.49. The first-order valence-corrected chi connectivity index (χ1v) is 8.73. The van der Waals surface area contributed by atoms with E-state index in [1.54, 1.807) is 6.07 Å². The minimum Gasteiger partial charge on any atom is -0.352 e. The number of nitrogens with two attached hydrogens (primary N) is 1. The third-order valence-corrected chi connectivity index (χ3v) is 7.10. The van der Waals surface area contributed by atoms with E-state index in [9.17, 15) is 13.2 Å². The van der Waals surface area contributed by atoms with Crippen molar-refractivity contribution in [1.29, 1.82) is 0 Å². The lowest BCUT2D eigenvalue weighted by Gasteiger charge is -2.05. The molecule has 0 atom stereocenters. The Hall–Kier alpha value is -0.920. The molecule has 0 bridgehead atoms. The zero-order chi connectivity index (χ0) is 15.3. The van der Waals surface area contributed by atoms with Gasteiger partial charge in [0.1, 0.15) is 4.21 Å². The Labute approximate surface area is 123 Å². The van der Waals surface area contributed by atoms with Gasteiger partial charge in [-0.2, -0.15) is 0 Å². The van der Waals surface area contributed by atoms with Crippen molar-refractivity contribution in [2.45, 2.75) is 44.4 Å². The van der Waals surface area contributed by atoms with Crippen LogP contribution in [-0.2, 0) is 21.2 Å². The van der Waals surface area contributed by atoms with Crippen molar-refractivity contribution in [3.63, 3.8) is 0 Å². The first-order chi connectivity index (χ1) is 8.96. The van der Waals surface area contributed by atoms with Crippen molar-refractivity contribution in [2.75, 3.05) is 0 Å². The molecule has 1 aromatic heterocycles. The number of hydrogen-bond donors (Lipinski definition) is 2. The fraction of sp³-hybridized carbons (Fsp3) is 0.615. The normalized spacial score (nSPS) is 20.6. The molecule has 5 nitrogen and oxygen atoms in total. The molecule has 0 saturated heterocycles. The molecule has 0 unspecified atom stereocenters. The Bertz CT molecular complexity index is 630. The van der Waals surface area contributed by atoms with Gasteiger partial charge in [0.15, 0.2) is 0 Å². The molecule has 0 radical (unpaired) electrons. The molecule has 1 aliphatic rings. The number of hydrogen-bond acceptors (Lipinski definition) is 4. The van der Waals surface area contributed by atoms with E-state index in [0.29, 0.717) is 4.88 Å². The van der Waals surface area contributed by atoms with E-state index >= 15 is 0 Å². The summed E-state index contributed by atoms with van der Waals surface area (Å²) in [4.78, 5) is 12.7. The number of carbonyl (C=O) groups excluding carboxylic acids is 1. The number of rotatable bonds is 4. The molecule has 3 N–H and O–H groups in total. The Balaban J connectivity index is 1.99. The fourth-order valence-corrected chi connectivity index (χ4v) is 4.31. The van der Waals surface area contributed by atoms with E-state index in [1.807, 2.05) is 0 Å². The van der Waals surface area contributed by atoms with Gasteiger partial charge in [-0.05, 0) is 23.0 Å². The van der Waals surface area contributed by atoms with Gasteiger partial charge in [-0.3, -0.25) is 4.79 Å². The summed E-state index contributed by atoms with van der Waals surface area (Å²) in [5, 5.41) is 8.06. The lowest BCUT2D eigenvalue weighted by molar-refractivity contribution is -0.120. The maximum atomic E-state index is 12.0. The second-order valence-electron chi connectivity index (χ2n) is 6.39. The van der Waals surface area contributed by atoms with Gasteiger partial charge in [0.25, 0.3) is 0 Å². The van der Waals surface area contributed by atoms with Crippen molar-refractivity contribution in [2.24, 2.45) is 16.0 Å². The van der Waals surface area contributed by atoms with Crippen LogP contribution in [0.15, 0.2) is 16.3 Å². The summed E-state index contributed by atoms with van der Waals surface area (Å²) in [6.07, 6.45) is 0.183. The van der Waals surface area contributed by atoms with Gasteiger partial charge < -0.3 is 5.32 Å². The van der Waals surface area contributed by atoms with Crippen LogP contribution in [0, 0.1) is 10.8 Å². The van der Waals surface area contributed by atoms with E-state index in [0.717, 1.165) is 11.3 Å². The second kappa shape index (κ2) is 4.54. The average Bonchev–Trinajstić information content (AvgIpc) is 2.70. The minimum absolute atomic E-state index is 0.0866. The maximum Gasteiger partial charge on any atom is 0.247 e. The number of amides is 1. The summed E-state index contributed by atoms with van der Waals surface area (Å²) in [7, 11) is -3.68. The number of nitrogens with one attached hydrogen (secondary N) is 1. The molecule has 112 valence electrons. The van der Waals surface area contributed by atoms with Crippen LogP contribution in [0.3, 0.4) is 0 Å². The summed E-state index contributed by atoms with van der Waals surface area (Å²) in [5.41, 5.74) is 0.174. The molecule has 0 aliphatic heterocycles. The van der Waals surface area contributed by atoms with Crippen LogP contribution >= 0.6 is 11.3 Å². The molecule has 2 rings (SSSR count). The summed E-state index contributed by atoms with van der Waals surface area (Å²) in [6, 6.07) is 3.22. The molecule has 7 heteroatoms. The highest BCUT2D eigenvalue weighted by atomic mass is 32.2. The number of carbonyl (C=O) groups is 1. The number of sulfonamides is 1. The molecule has 1 heterocycles. The largest absolute Gasteiger partial charge is 0.352 e. The van der Waals surface area contributed by atoms with Gasteiger partial charge in [-0.15, -0.1) is 11.3 Å². The van der Waals surface area contributed by atoms with Crippen molar-refractivity contribution in [3.8, 4) is 0 Å². The Morgan fingerprint density at radius 3 is 2.25 bits per heavy atom. The molecule has 0 spiro atoms. The quantitative estimate of drug-likeness (QED) is 0.882. The third kappa shape index (κ3) is 2.62. The van der Waals surface area contributed by atoms with Crippen LogP contribution in [0.25, 0.3) is 0 Å². The number of thiophene rings is 1. The second-order valence-corrected chi connectivity index (χ2v) is 9.34. The molecule has 1 amide bonds. The first-order valence-electron chi connectivity index (χ1n) is 6.37. The Morgan fingerprint density at radius 1 is 1.30 bits per heavy atom. The minimum atomic E-state index is -3.68. The Kier molecular flexibility index (Phi) is 3.51. The SMILES string of the molecule is CC1(C)C(NC(=O)Cc2ccc(S(N)(=O)=O)s2)C1(C)C. The highest BCUT2D eigenvalue weighted by Crippen LogP contribution is 2.62. The molecule has 1 aromatic rings. The Morgan fingerprint density at radius 2 is 1.85 bits per heavy atom. The van der Waals surface area contributed by atoms with Crippen LogP contribution in [0.1, 0.15) is 32.6 Å². The van der Waals surface area contributed by atoms with Gasteiger partial charge in [-0.1, -0.05) is 27.7 Å². The lowest BCUT2D eigenvalue weighted by Crippen LogP contribution is -2.30. The molecular formula is C13H20N2O3S2. The zero-order valence-corrected chi connectivity index (χ0v) is 13.7. The highest BCUT2D eigenvalue weighted by Gasteiger charge is 2.65. The van der Waals surface area contributed by atoms with E-state index in [4.69, 9.17) is 5.14 Å². The summed E-state index contributed by atoms with van der Waals surface area (Å²) < 4.78 is 22.4. The lowest BCUT2D eigenvalue weighted by atomic mass is 10.0. The molecule has 0 aromatic carbocycles. The predicted molar refractivity (Wildman–Crippen MR) is 78.9 cm³/mol. The average molecular weight is 316 g/mol. The molecule has 1 saturated carbocycles. The van der Waals surface area contributed by atoms with Crippen LogP contribution in [0.4, 0.5) is 0 Å². The van der Waals surface area contributed by atoms with Crippen molar-refractivity contribution >= 4 is 27.3 Å². The van der Waals surface area contributed by atoms with Crippen LogP contribution in [0.2, 0.25) is 0 Å². The monoisotopic (exact) mass is 316 g/mol. The van der Waals surface area contributed by atoms with Crippen molar-refractivity contribution in [3.05, 3.63) is 17.0 Å². The van der Waals surface area contributed by atoms with Crippen LogP contribution in [0.5, 0.6) is 0 Å². The maximum absolute atomic E-state index is 12.0.